The minimum Gasteiger partial charge on any atom is -0.244 e. The highest BCUT2D eigenvalue weighted by atomic mass is 14.8. The van der Waals surface area contributed by atoms with Gasteiger partial charge in [-0.25, -0.2) is 9.97 Å². The molecular weight excluding hydrogens is 364 g/mol. The van der Waals surface area contributed by atoms with Gasteiger partial charge in [-0.3, -0.25) is 0 Å². The Labute approximate surface area is 173 Å². The summed E-state index contributed by atoms with van der Waals surface area (Å²) in [6.45, 7) is 0. The van der Waals surface area contributed by atoms with Gasteiger partial charge in [-0.1, -0.05) is 60.7 Å². The Hall–Kier alpha value is -3.78. The van der Waals surface area contributed by atoms with E-state index in [0.29, 0.717) is 0 Å². The monoisotopic (exact) mass is 382 g/mol. The lowest BCUT2D eigenvalue weighted by atomic mass is 9.84. The predicted octanol–water partition coefficient (Wildman–Crippen LogP) is 6.92. The number of fused-ring (bicyclic) bond motifs is 8. The van der Waals surface area contributed by atoms with Crippen molar-refractivity contribution in [2.75, 3.05) is 0 Å². The number of hydrogen-bond acceptors (Lipinski definition) is 2. The van der Waals surface area contributed by atoms with E-state index in [1.54, 1.807) is 0 Å². The third-order valence-electron chi connectivity index (χ3n) is 6.48. The molecule has 0 atom stereocenters. The van der Waals surface area contributed by atoms with Gasteiger partial charge >= 0.3 is 0 Å². The molecule has 30 heavy (non-hydrogen) atoms. The SMILES string of the molecule is C1=CCC2=Cc3ccc4nc5c(ccc6cc7ccccc7cc65)nc4c3CC2=C1. The Morgan fingerprint density at radius 3 is 2.43 bits per heavy atom. The van der Waals surface area contributed by atoms with E-state index in [0.717, 1.165) is 34.9 Å². The van der Waals surface area contributed by atoms with Crippen molar-refractivity contribution >= 4 is 49.7 Å². The summed E-state index contributed by atoms with van der Waals surface area (Å²) in [6.07, 6.45) is 10.9. The fraction of sp³-hybridized carbons (Fsp3) is 0.0714. The van der Waals surface area contributed by atoms with E-state index in [-0.39, 0.29) is 0 Å². The summed E-state index contributed by atoms with van der Waals surface area (Å²) < 4.78 is 0. The average molecular weight is 382 g/mol. The highest BCUT2D eigenvalue weighted by molar-refractivity contribution is 6.11. The molecule has 0 N–H and O–H groups in total. The molecule has 0 saturated carbocycles. The molecule has 1 aromatic heterocycles. The lowest BCUT2D eigenvalue weighted by molar-refractivity contribution is 1.07. The predicted molar refractivity (Wildman–Crippen MR) is 126 cm³/mol. The van der Waals surface area contributed by atoms with Crippen LogP contribution in [-0.4, -0.2) is 9.97 Å². The van der Waals surface area contributed by atoms with E-state index >= 15 is 0 Å². The van der Waals surface area contributed by atoms with Crippen molar-refractivity contribution in [3.05, 3.63) is 101 Å². The van der Waals surface area contributed by atoms with Crippen molar-refractivity contribution in [3.8, 4) is 0 Å². The third kappa shape index (κ3) is 2.25. The molecule has 0 aliphatic heterocycles. The zero-order chi connectivity index (χ0) is 19.7. The highest BCUT2D eigenvalue weighted by Gasteiger charge is 2.19. The van der Waals surface area contributed by atoms with Crippen molar-refractivity contribution in [1.82, 2.24) is 9.97 Å². The van der Waals surface area contributed by atoms with E-state index in [1.165, 1.54) is 43.8 Å². The average Bonchev–Trinajstić information content (AvgIpc) is 2.80. The summed E-state index contributed by atoms with van der Waals surface area (Å²) in [6, 6.07) is 21.6. The van der Waals surface area contributed by atoms with Crippen LogP contribution in [0.2, 0.25) is 0 Å². The van der Waals surface area contributed by atoms with Crippen LogP contribution in [0.25, 0.3) is 49.7 Å². The number of nitrogens with zero attached hydrogens (tertiary/aromatic N) is 2. The molecule has 2 aliphatic rings. The number of aromatic nitrogens is 2. The van der Waals surface area contributed by atoms with Gasteiger partial charge in [0.05, 0.1) is 22.1 Å². The largest absolute Gasteiger partial charge is 0.244 e. The van der Waals surface area contributed by atoms with Gasteiger partial charge in [-0.2, -0.15) is 0 Å². The van der Waals surface area contributed by atoms with Gasteiger partial charge in [0, 0.05) is 11.8 Å². The maximum absolute atomic E-state index is 5.12. The Kier molecular flexibility index (Phi) is 3.14. The van der Waals surface area contributed by atoms with Crippen LogP contribution in [0, 0.1) is 0 Å². The molecule has 0 unspecified atom stereocenters. The molecular formula is C28H18N2. The maximum Gasteiger partial charge on any atom is 0.0973 e. The molecule has 4 aromatic carbocycles. The molecule has 2 aliphatic carbocycles. The molecule has 1 heterocycles. The fourth-order valence-electron chi connectivity index (χ4n) is 4.93. The van der Waals surface area contributed by atoms with Crippen molar-refractivity contribution < 1.29 is 0 Å². The molecule has 0 radical (unpaired) electrons. The molecule has 2 heteroatoms. The van der Waals surface area contributed by atoms with Gasteiger partial charge in [0.15, 0.2) is 0 Å². The summed E-state index contributed by atoms with van der Waals surface area (Å²) in [5, 5.41) is 4.87. The topological polar surface area (TPSA) is 25.8 Å². The van der Waals surface area contributed by atoms with Crippen molar-refractivity contribution in [3.63, 3.8) is 0 Å². The standard InChI is InChI=1S/C28H18N2/c1-3-7-19-15-23-21(13-17(19)5-1)9-11-25-27(23)29-26-12-10-22-14-18-6-2-4-8-20(18)16-24(22)28(26)30-25/h1-5,7-15H,6,16H2. The number of benzene rings is 4. The van der Waals surface area contributed by atoms with Crippen LogP contribution in [-0.2, 0) is 6.42 Å². The lowest BCUT2D eigenvalue weighted by Crippen LogP contribution is -2.06. The summed E-state index contributed by atoms with van der Waals surface area (Å²) in [7, 11) is 0. The van der Waals surface area contributed by atoms with E-state index in [4.69, 9.17) is 9.97 Å². The Morgan fingerprint density at radius 2 is 1.50 bits per heavy atom. The smallest absolute Gasteiger partial charge is 0.0973 e. The molecule has 7 rings (SSSR count). The summed E-state index contributed by atoms with van der Waals surface area (Å²) in [4.78, 5) is 10.2. The van der Waals surface area contributed by atoms with Gasteiger partial charge in [0.2, 0.25) is 0 Å². The Balaban J connectivity index is 1.53. The van der Waals surface area contributed by atoms with Crippen LogP contribution in [0.15, 0.2) is 90.0 Å². The van der Waals surface area contributed by atoms with Crippen LogP contribution in [0.4, 0.5) is 0 Å². The van der Waals surface area contributed by atoms with E-state index in [1.807, 2.05) is 0 Å². The minimum atomic E-state index is 0.932. The molecule has 0 saturated heterocycles. The molecule has 0 fully saturated rings. The van der Waals surface area contributed by atoms with Gasteiger partial charge in [-0.05, 0) is 69.1 Å². The first-order valence-corrected chi connectivity index (χ1v) is 10.4. The first-order valence-electron chi connectivity index (χ1n) is 10.4. The van der Waals surface area contributed by atoms with Crippen molar-refractivity contribution in [2.45, 2.75) is 12.8 Å². The van der Waals surface area contributed by atoms with E-state index < -0.39 is 0 Å². The second-order valence-corrected chi connectivity index (χ2v) is 8.25. The normalized spacial score (nSPS) is 15.3. The van der Waals surface area contributed by atoms with Crippen LogP contribution in [0.5, 0.6) is 0 Å². The quantitative estimate of drug-likeness (QED) is 0.215. The molecule has 0 spiro atoms. The van der Waals surface area contributed by atoms with Crippen LogP contribution < -0.4 is 0 Å². The molecule has 0 amide bonds. The second kappa shape index (κ2) is 5.87. The number of rotatable bonds is 0. The fourth-order valence-corrected chi connectivity index (χ4v) is 4.93. The van der Waals surface area contributed by atoms with Gasteiger partial charge in [0.25, 0.3) is 0 Å². The summed E-state index contributed by atoms with van der Waals surface area (Å²) >= 11 is 0. The Morgan fingerprint density at radius 1 is 0.700 bits per heavy atom. The number of hydrogen-bond donors (Lipinski definition) is 0. The molecule has 5 aromatic rings. The van der Waals surface area contributed by atoms with E-state index in [9.17, 15) is 0 Å². The van der Waals surface area contributed by atoms with Crippen LogP contribution >= 0.6 is 0 Å². The van der Waals surface area contributed by atoms with Crippen LogP contribution in [0.3, 0.4) is 0 Å². The minimum absolute atomic E-state index is 0.932. The zero-order valence-electron chi connectivity index (χ0n) is 16.4. The first kappa shape index (κ1) is 16.1. The lowest BCUT2D eigenvalue weighted by Gasteiger charge is -2.22. The molecule has 140 valence electrons. The van der Waals surface area contributed by atoms with Gasteiger partial charge < -0.3 is 0 Å². The molecule has 0 bridgehead atoms. The Bertz CT molecular complexity index is 1630. The highest BCUT2D eigenvalue weighted by Crippen LogP contribution is 2.36. The zero-order valence-corrected chi connectivity index (χ0v) is 16.4. The van der Waals surface area contributed by atoms with Gasteiger partial charge in [0.1, 0.15) is 0 Å². The third-order valence-corrected chi connectivity index (χ3v) is 6.48. The number of allylic oxidation sites excluding steroid dienone is 5. The summed E-state index contributed by atoms with van der Waals surface area (Å²) in [5.74, 6) is 0. The first-order chi connectivity index (χ1) is 14.8. The van der Waals surface area contributed by atoms with Crippen LogP contribution in [0.1, 0.15) is 17.5 Å². The molecule has 2 nitrogen and oxygen atoms in total. The second-order valence-electron chi connectivity index (χ2n) is 8.25. The van der Waals surface area contributed by atoms with E-state index in [2.05, 4.69) is 85.0 Å². The van der Waals surface area contributed by atoms with Crippen molar-refractivity contribution in [2.24, 2.45) is 0 Å². The van der Waals surface area contributed by atoms with Gasteiger partial charge in [-0.15, -0.1) is 0 Å². The van der Waals surface area contributed by atoms with Crippen molar-refractivity contribution in [1.29, 1.82) is 0 Å². The maximum atomic E-state index is 5.12. The summed E-state index contributed by atoms with van der Waals surface area (Å²) in [5.41, 5.74) is 9.37.